The Morgan fingerprint density at radius 2 is 1.83 bits per heavy atom. The number of aryl methyl sites for hydroxylation is 1. The predicted octanol–water partition coefficient (Wildman–Crippen LogP) is 3.37. The summed E-state index contributed by atoms with van der Waals surface area (Å²) >= 11 is 0. The van der Waals surface area contributed by atoms with E-state index in [0.29, 0.717) is 28.3 Å². The molecule has 2 aromatic carbocycles. The van der Waals surface area contributed by atoms with Crippen molar-refractivity contribution in [1.29, 1.82) is 0 Å². The maximum absolute atomic E-state index is 13.4. The van der Waals surface area contributed by atoms with Crippen LogP contribution in [-0.2, 0) is 20.2 Å². The number of nitrogens with zero attached hydrogens (tertiary/aromatic N) is 1. The summed E-state index contributed by atoms with van der Waals surface area (Å²) in [5, 5.41) is 5.47. The van der Waals surface area contributed by atoms with Crippen LogP contribution >= 0.6 is 0 Å². The lowest BCUT2D eigenvalue weighted by molar-refractivity contribution is -0.118. The summed E-state index contributed by atoms with van der Waals surface area (Å²) in [4.78, 5) is 39.5. The fraction of sp³-hybridized carbons (Fsp3) is 0.375. The number of hydrogen-bond donors (Lipinski definition) is 3. The van der Waals surface area contributed by atoms with E-state index in [9.17, 15) is 22.8 Å². The van der Waals surface area contributed by atoms with E-state index in [1.54, 1.807) is 25.1 Å². The van der Waals surface area contributed by atoms with Crippen LogP contribution in [-0.4, -0.2) is 46.2 Å². The molecule has 35 heavy (non-hydrogen) atoms. The zero-order valence-electron chi connectivity index (χ0n) is 20.6. The minimum atomic E-state index is -3.44. The summed E-state index contributed by atoms with van der Waals surface area (Å²) in [6, 6.07) is 7.32. The lowest BCUT2D eigenvalue weighted by Gasteiger charge is -2.30. The summed E-state index contributed by atoms with van der Waals surface area (Å²) in [6.07, 6.45) is 1.20. The number of ether oxygens (including phenoxy) is 1. The summed E-state index contributed by atoms with van der Waals surface area (Å²) in [7, 11) is -1.99. The normalized spacial score (nSPS) is 14.4. The molecule has 10 nitrogen and oxygen atoms in total. The first kappa shape index (κ1) is 26.0. The number of nitrogens with one attached hydrogen (secondary N) is 3. The fourth-order valence-electron chi connectivity index (χ4n) is 3.80. The standard InChI is InChI=1S/C24H30N4O6S/c1-14-11-15(27-35(6,32)33)7-8-19(14)26-22(30)17-12-16(28-20(29)9-10-25-23(28)31)13-18(21(17)34-5)24(2,3)4/h7-8,11-13,27H,9-10H2,1-6H3,(H,25,31)(H,26,30). The van der Waals surface area contributed by atoms with E-state index >= 15 is 0 Å². The molecule has 0 unspecified atom stereocenters. The Balaban J connectivity index is 2.06. The van der Waals surface area contributed by atoms with Crippen molar-refractivity contribution >= 4 is 44.9 Å². The molecule has 0 radical (unpaired) electrons. The molecule has 0 aromatic heterocycles. The minimum absolute atomic E-state index is 0.150. The Kier molecular flexibility index (Phi) is 7.11. The van der Waals surface area contributed by atoms with Gasteiger partial charge < -0.3 is 15.4 Å². The Morgan fingerprint density at radius 3 is 2.37 bits per heavy atom. The third kappa shape index (κ3) is 5.91. The summed E-state index contributed by atoms with van der Waals surface area (Å²) in [5.41, 5.74) is 2.06. The van der Waals surface area contributed by atoms with E-state index < -0.39 is 27.4 Å². The SMILES string of the molecule is COc1c(C(=O)Nc2ccc(NS(C)(=O)=O)cc2C)cc(N2C(=O)CCNC2=O)cc1C(C)(C)C. The van der Waals surface area contributed by atoms with E-state index in [1.807, 2.05) is 20.8 Å². The van der Waals surface area contributed by atoms with Crippen LogP contribution in [0.4, 0.5) is 21.9 Å². The van der Waals surface area contributed by atoms with Gasteiger partial charge in [-0.05, 0) is 48.2 Å². The van der Waals surface area contributed by atoms with Crippen molar-refractivity contribution in [3.05, 3.63) is 47.0 Å². The van der Waals surface area contributed by atoms with Crippen molar-refractivity contribution < 1.29 is 27.5 Å². The smallest absolute Gasteiger partial charge is 0.328 e. The number of urea groups is 1. The van der Waals surface area contributed by atoms with E-state index in [4.69, 9.17) is 4.74 Å². The van der Waals surface area contributed by atoms with Gasteiger partial charge >= 0.3 is 6.03 Å². The molecular weight excluding hydrogens is 472 g/mol. The molecule has 188 valence electrons. The van der Waals surface area contributed by atoms with Crippen molar-refractivity contribution in [2.24, 2.45) is 0 Å². The summed E-state index contributed by atoms with van der Waals surface area (Å²) in [5.74, 6) is -0.544. The highest BCUT2D eigenvalue weighted by Crippen LogP contribution is 2.38. The van der Waals surface area contributed by atoms with Crippen LogP contribution in [0.5, 0.6) is 5.75 Å². The van der Waals surface area contributed by atoms with Gasteiger partial charge in [0.05, 0.1) is 24.6 Å². The second-order valence-electron chi connectivity index (χ2n) is 9.39. The van der Waals surface area contributed by atoms with E-state index in [2.05, 4.69) is 15.4 Å². The van der Waals surface area contributed by atoms with Gasteiger partial charge in [0.25, 0.3) is 5.91 Å². The third-order valence-corrected chi connectivity index (χ3v) is 6.04. The number of carbonyl (C=O) groups excluding carboxylic acids is 3. The van der Waals surface area contributed by atoms with Gasteiger partial charge in [-0.15, -0.1) is 0 Å². The van der Waals surface area contributed by atoms with Gasteiger partial charge in [-0.2, -0.15) is 0 Å². The molecule has 0 atom stereocenters. The highest BCUT2D eigenvalue weighted by atomic mass is 32.2. The van der Waals surface area contributed by atoms with Crippen molar-refractivity contribution in [2.75, 3.05) is 34.8 Å². The van der Waals surface area contributed by atoms with Gasteiger partial charge in [-0.25, -0.2) is 18.1 Å². The van der Waals surface area contributed by atoms with Crippen LogP contribution in [0.1, 0.15) is 48.7 Å². The van der Waals surface area contributed by atoms with Crippen LogP contribution in [0.2, 0.25) is 0 Å². The molecule has 0 bridgehead atoms. The Bertz CT molecular complexity index is 1280. The van der Waals surface area contributed by atoms with Gasteiger partial charge in [0.1, 0.15) is 5.75 Å². The summed E-state index contributed by atoms with van der Waals surface area (Å²) < 4.78 is 31.0. The van der Waals surface area contributed by atoms with Crippen LogP contribution in [0.25, 0.3) is 0 Å². The number of methoxy groups -OCH3 is 1. The Morgan fingerprint density at radius 1 is 1.14 bits per heavy atom. The molecule has 1 aliphatic heterocycles. The highest BCUT2D eigenvalue weighted by Gasteiger charge is 2.32. The minimum Gasteiger partial charge on any atom is -0.496 e. The van der Waals surface area contributed by atoms with Crippen molar-refractivity contribution in [3.63, 3.8) is 0 Å². The lowest BCUT2D eigenvalue weighted by Crippen LogP contribution is -2.50. The number of sulfonamides is 1. The topological polar surface area (TPSA) is 134 Å². The number of amides is 4. The van der Waals surface area contributed by atoms with Gasteiger partial charge in [-0.1, -0.05) is 20.8 Å². The number of imide groups is 1. The molecule has 2 aromatic rings. The highest BCUT2D eigenvalue weighted by molar-refractivity contribution is 7.92. The molecule has 1 fully saturated rings. The number of carbonyl (C=O) groups is 3. The number of hydrogen-bond acceptors (Lipinski definition) is 6. The first-order valence-electron chi connectivity index (χ1n) is 10.9. The second-order valence-corrected chi connectivity index (χ2v) is 11.1. The zero-order chi connectivity index (χ0) is 26.1. The van der Waals surface area contributed by atoms with Gasteiger partial charge in [-0.3, -0.25) is 14.3 Å². The molecule has 0 aliphatic carbocycles. The quantitative estimate of drug-likeness (QED) is 0.555. The fourth-order valence-corrected chi connectivity index (χ4v) is 4.36. The average Bonchev–Trinajstić information content (AvgIpc) is 2.73. The first-order valence-corrected chi connectivity index (χ1v) is 12.8. The van der Waals surface area contributed by atoms with Gasteiger partial charge in [0.2, 0.25) is 15.9 Å². The molecule has 4 amide bonds. The van der Waals surface area contributed by atoms with E-state index in [0.717, 1.165) is 11.2 Å². The summed E-state index contributed by atoms with van der Waals surface area (Å²) in [6.45, 7) is 7.80. The van der Waals surface area contributed by atoms with Gasteiger partial charge in [0.15, 0.2) is 0 Å². The monoisotopic (exact) mass is 502 g/mol. The molecule has 1 heterocycles. The molecule has 0 spiro atoms. The Labute approximate surface area is 205 Å². The zero-order valence-corrected chi connectivity index (χ0v) is 21.4. The second kappa shape index (κ2) is 9.57. The molecule has 1 saturated heterocycles. The van der Waals surface area contributed by atoms with Crippen molar-refractivity contribution in [2.45, 2.75) is 39.5 Å². The largest absolute Gasteiger partial charge is 0.496 e. The molecule has 3 N–H and O–H groups in total. The number of benzene rings is 2. The lowest BCUT2D eigenvalue weighted by atomic mass is 9.84. The molecule has 11 heteroatoms. The number of rotatable bonds is 6. The van der Waals surface area contributed by atoms with E-state index in [1.165, 1.54) is 19.2 Å². The average molecular weight is 503 g/mol. The first-order chi connectivity index (χ1) is 16.2. The van der Waals surface area contributed by atoms with Crippen molar-refractivity contribution in [1.82, 2.24) is 5.32 Å². The van der Waals surface area contributed by atoms with Crippen LogP contribution in [0.3, 0.4) is 0 Å². The Hall–Kier alpha value is -3.60. The van der Waals surface area contributed by atoms with Crippen LogP contribution in [0.15, 0.2) is 30.3 Å². The van der Waals surface area contributed by atoms with Gasteiger partial charge in [0, 0.05) is 29.9 Å². The maximum Gasteiger partial charge on any atom is 0.328 e. The van der Waals surface area contributed by atoms with Crippen LogP contribution < -0.4 is 25.0 Å². The maximum atomic E-state index is 13.4. The van der Waals surface area contributed by atoms with E-state index in [-0.39, 0.29) is 30.1 Å². The number of anilines is 3. The predicted molar refractivity (Wildman–Crippen MR) is 135 cm³/mol. The molecule has 1 aliphatic rings. The molecule has 0 saturated carbocycles. The third-order valence-electron chi connectivity index (χ3n) is 5.43. The van der Waals surface area contributed by atoms with Crippen LogP contribution in [0, 0.1) is 6.92 Å². The van der Waals surface area contributed by atoms with Crippen molar-refractivity contribution in [3.8, 4) is 5.75 Å². The molecular formula is C24H30N4O6S. The molecule has 3 rings (SSSR count).